The smallest absolute Gasteiger partial charge is 0.330 e. The molecule has 0 N–H and O–H groups in total. The number of carbonyl (C=O) groups is 1. The monoisotopic (exact) mass is 404 g/mol. The van der Waals surface area contributed by atoms with Gasteiger partial charge in [-0.1, -0.05) is 52.3 Å². The standard InChI is InChI=1S/C20H21BrO4/c1-3-24-20(22)11-7-10-16-12-19(18(23-2)13-17(16)21)25-14-15-8-5-4-6-9-15/h4-9,11-13H,3,10,14H2,1-2H3/b11-7+. The second kappa shape index (κ2) is 9.89. The van der Waals surface area contributed by atoms with E-state index in [9.17, 15) is 4.79 Å². The van der Waals surface area contributed by atoms with Gasteiger partial charge in [-0.3, -0.25) is 0 Å². The van der Waals surface area contributed by atoms with Crippen LogP contribution in [-0.2, 0) is 22.6 Å². The molecule has 2 aromatic rings. The van der Waals surface area contributed by atoms with Gasteiger partial charge in [0, 0.05) is 10.5 Å². The summed E-state index contributed by atoms with van der Waals surface area (Å²) in [7, 11) is 1.61. The Morgan fingerprint density at radius 2 is 1.92 bits per heavy atom. The Balaban J connectivity index is 2.11. The van der Waals surface area contributed by atoms with Gasteiger partial charge in [0.05, 0.1) is 13.7 Å². The third kappa shape index (κ3) is 5.94. The molecular formula is C20H21BrO4. The Hall–Kier alpha value is -2.27. The van der Waals surface area contributed by atoms with E-state index >= 15 is 0 Å². The van der Waals surface area contributed by atoms with E-state index in [4.69, 9.17) is 14.2 Å². The van der Waals surface area contributed by atoms with Crippen LogP contribution in [0.4, 0.5) is 0 Å². The zero-order chi connectivity index (χ0) is 18.1. The lowest BCUT2D eigenvalue weighted by atomic mass is 10.1. The maximum atomic E-state index is 11.4. The fraction of sp³-hybridized carbons (Fsp3) is 0.250. The van der Waals surface area contributed by atoms with Gasteiger partial charge >= 0.3 is 5.97 Å². The Bertz CT molecular complexity index is 726. The first-order valence-corrected chi connectivity index (χ1v) is 8.79. The highest BCUT2D eigenvalue weighted by atomic mass is 79.9. The molecule has 0 saturated carbocycles. The molecule has 0 heterocycles. The van der Waals surface area contributed by atoms with E-state index in [0.29, 0.717) is 31.1 Å². The number of esters is 1. The normalized spacial score (nSPS) is 10.7. The van der Waals surface area contributed by atoms with E-state index in [1.807, 2.05) is 42.5 Å². The van der Waals surface area contributed by atoms with Crippen molar-refractivity contribution in [3.05, 3.63) is 70.2 Å². The van der Waals surface area contributed by atoms with E-state index in [1.54, 1.807) is 20.1 Å². The Morgan fingerprint density at radius 3 is 2.60 bits per heavy atom. The van der Waals surface area contributed by atoms with Crippen LogP contribution in [0.2, 0.25) is 0 Å². The average Bonchev–Trinajstić information content (AvgIpc) is 2.62. The van der Waals surface area contributed by atoms with E-state index in [0.717, 1.165) is 15.6 Å². The van der Waals surface area contributed by atoms with Gasteiger partial charge in [-0.2, -0.15) is 0 Å². The van der Waals surface area contributed by atoms with Crippen LogP contribution in [0.25, 0.3) is 0 Å². The second-order valence-electron chi connectivity index (χ2n) is 5.23. The fourth-order valence-electron chi connectivity index (χ4n) is 2.21. The highest BCUT2D eigenvalue weighted by Gasteiger charge is 2.10. The topological polar surface area (TPSA) is 44.8 Å². The van der Waals surface area contributed by atoms with E-state index in [2.05, 4.69) is 15.9 Å². The molecule has 2 rings (SSSR count). The number of hydrogen-bond acceptors (Lipinski definition) is 4. The van der Waals surface area contributed by atoms with E-state index < -0.39 is 0 Å². The molecule has 25 heavy (non-hydrogen) atoms. The van der Waals surface area contributed by atoms with Crippen molar-refractivity contribution in [3.8, 4) is 11.5 Å². The quantitative estimate of drug-likeness (QED) is 0.472. The number of allylic oxidation sites excluding steroid dienone is 1. The largest absolute Gasteiger partial charge is 0.493 e. The summed E-state index contributed by atoms with van der Waals surface area (Å²) in [6, 6.07) is 13.7. The summed E-state index contributed by atoms with van der Waals surface area (Å²) in [6.45, 7) is 2.60. The van der Waals surface area contributed by atoms with Gasteiger partial charge < -0.3 is 14.2 Å². The third-order valence-electron chi connectivity index (χ3n) is 3.45. The lowest BCUT2D eigenvalue weighted by Crippen LogP contribution is -2.00. The van der Waals surface area contributed by atoms with Crippen molar-refractivity contribution in [2.24, 2.45) is 0 Å². The SMILES string of the molecule is CCOC(=O)/C=C/Cc1cc(OCc2ccccc2)c(OC)cc1Br. The van der Waals surface area contributed by atoms with Gasteiger partial charge in [0.15, 0.2) is 11.5 Å². The molecule has 2 aromatic carbocycles. The van der Waals surface area contributed by atoms with Crippen LogP contribution in [0.1, 0.15) is 18.1 Å². The van der Waals surface area contributed by atoms with Gasteiger partial charge in [0.1, 0.15) is 6.61 Å². The van der Waals surface area contributed by atoms with Gasteiger partial charge in [0.25, 0.3) is 0 Å². The Kier molecular flexibility index (Phi) is 7.54. The number of carbonyl (C=O) groups excluding carboxylic acids is 1. The van der Waals surface area contributed by atoms with Gasteiger partial charge in [-0.05, 0) is 36.6 Å². The minimum absolute atomic E-state index is 0.340. The van der Waals surface area contributed by atoms with Crippen LogP contribution >= 0.6 is 15.9 Å². The lowest BCUT2D eigenvalue weighted by molar-refractivity contribution is -0.137. The molecule has 0 aliphatic heterocycles. The Morgan fingerprint density at radius 1 is 1.16 bits per heavy atom. The van der Waals surface area contributed by atoms with Crippen molar-refractivity contribution >= 4 is 21.9 Å². The minimum Gasteiger partial charge on any atom is -0.493 e. The number of rotatable bonds is 8. The summed E-state index contributed by atoms with van der Waals surface area (Å²) >= 11 is 3.53. The highest BCUT2D eigenvalue weighted by molar-refractivity contribution is 9.10. The maximum Gasteiger partial charge on any atom is 0.330 e. The van der Waals surface area contributed by atoms with Crippen LogP contribution in [0.15, 0.2) is 59.1 Å². The van der Waals surface area contributed by atoms with Crippen molar-refractivity contribution in [2.45, 2.75) is 20.0 Å². The summed E-state index contributed by atoms with van der Waals surface area (Å²) < 4.78 is 17.1. The van der Waals surface area contributed by atoms with Gasteiger partial charge in [0.2, 0.25) is 0 Å². The molecule has 132 valence electrons. The summed E-state index contributed by atoms with van der Waals surface area (Å²) in [5, 5.41) is 0. The summed E-state index contributed by atoms with van der Waals surface area (Å²) in [4.78, 5) is 11.4. The number of benzene rings is 2. The van der Waals surface area contributed by atoms with Crippen LogP contribution in [0.5, 0.6) is 11.5 Å². The molecular weight excluding hydrogens is 384 g/mol. The molecule has 0 unspecified atom stereocenters. The first kappa shape index (κ1) is 19.1. The van der Waals surface area contributed by atoms with Crippen LogP contribution in [-0.4, -0.2) is 19.7 Å². The second-order valence-corrected chi connectivity index (χ2v) is 6.08. The van der Waals surface area contributed by atoms with Crippen molar-refractivity contribution in [1.82, 2.24) is 0 Å². The highest BCUT2D eigenvalue weighted by Crippen LogP contribution is 2.34. The van der Waals surface area contributed by atoms with Crippen LogP contribution in [0.3, 0.4) is 0 Å². The molecule has 0 aliphatic carbocycles. The van der Waals surface area contributed by atoms with Crippen molar-refractivity contribution < 1.29 is 19.0 Å². The van der Waals surface area contributed by atoms with Crippen molar-refractivity contribution in [1.29, 1.82) is 0 Å². The van der Waals surface area contributed by atoms with Gasteiger partial charge in [-0.25, -0.2) is 4.79 Å². The van der Waals surface area contributed by atoms with Gasteiger partial charge in [-0.15, -0.1) is 0 Å². The number of halogens is 1. The molecule has 0 bridgehead atoms. The molecule has 0 aromatic heterocycles. The summed E-state index contributed by atoms with van der Waals surface area (Å²) in [5.74, 6) is 0.975. The average molecular weight is 405 g/mol. The summed E-state index contributed by atoms with van der Waals surface area (Å²) in [6.07, 6.45) is 3.78. The number of methoxy groups -OCH3 is 1. The molecule has 5 heteroatoms. The molecule has 0 spiro atoms. The minimum atomic E-state index is -0.340. The molecule has 0 aliphatic rings. The van der Waals surface area contributed by atoms with Crippen LogP contribution in [0, 0.1) is 0 Å². The zero-order valence-corrected chi connectivity index (χ0v) is 15.9. The van der Waals surface area contributed by atoms with Crippen molar-refractivity contribution in [3.63, 3.8) is 0 Å². The summed E-state index contributed by atoms with van der Waals surface area (Å²) in [5.41, 5.74) is 2.07. The predicted molar refractivity (Wildman–Crippen MR) is 101 cm³/mol. The lowest BCUT2D eigenvalue weighted by Gasteiger charge is -2.13. The first-order valence-electron chi connectivity index (χ1n) is 8.00. The molecule has 0 amide bonds. The fourth-order valence-corrected chi connectivity index (χ4v) is 2.70. The van der Waals surface area contributed by atoms with E-state index in [1.165, 1.54) is 6.08 Å². The van der Waals surface area contributed by atoms with Crippen LogP contribution < -0.4 is 9.47 Å². The third-order valence-corrected chi connectivity index (χ3v) is 4.19. The Labute approximate surface area is 156 Å². The van der Waals surface area contributed by atoms with Crippen molar-refractivity contribution in [2.75, 3.05) is 13.7 Å². The predicted octanol–water partition coefficient (Wildman–Crippen LogP) is 4.70. The maximum absolute atomic E-state index is 11.4. The molecule has 4 nitrogen and oxygen atoms in total. The molecule has 0 radical (unpaired) electrons. The zero-order valence-electron chi connectivity index (χ0n) is 14.3. The molecule has 0 atom stereocenters. The molecule has 0 saturated heterocycles. The van der Waals surface area contributed by atoms with E-state index in [-0.39, 0.29) is 5.97 Å². The molecule has 0 fully saturated rings. The number of hydrogen-bond donors (Lipinski definition) is 0. The number of ether oxygens (including phenoxy) is 3. The first-order chi connectivity index (χ1) is 12.1.